The van der Waals surface area contributed by atoms with Gasteiger partial charge in [-0.2, -0.15) is 0 Å². The van der Waals surface area contributed by atoms with Crippen molar-refractivity contribution in [3.63, 3.8) is 0 Å². The van der Waals surface area contributed by atoms with Gasteiger partial charge in [0.1, 0.15) is 5.82 Å². The number of unbranched alkanes of at least 4 members (excludes halogenated alkanes) is 11. The molecule has 1 aliphatic carbocycles. The number of aryl methyl sites for hydroxylation is 1. The molecule has 0 saturated heterocycles. The zero-order chi connectivity index (χ0) is 18.5. The van der Waals surface area contributed by atoms with E-state index in [2.05, 4.69) is 24.6 Å². The third-order valence-corrected chi connectivity index (χ3v) is 6.30. The van der Waals surface area contributed by atoms with E-state index in [0.29, 0.717) is 5.92 Å². The molecule has 0 radical (unpaired) electrons. The van der Waals surface area contributed by atoms with Crippen LogP contribution in [0.4, 0.5) is 0 Å². The van der Waals surface area contributed by atoms with Crippen molar-refractivity contribution < 1.29 is 0 Å². The third kappa shape index (κ3) is 8.27. The minimum atomic E-state index is 0.714. The summed E-state index contributed by atoms with van der Waals surface area (Å²) in [6.45, 7) is 5.88. The number of nitrogens with zero attached hydrogens (tertiary/aromatic N) is 2. The van der Waals surface area contributed by atoms with Gasteiger partial charge in [-0.15, -0.1) is 0 Å². The molecule has 0 aromatic carbocycles. The van der Waals surface area contributed by atoms with Crippen LogP contribution in [-0.4, -0.2) is 9.55 Å². The van der Waals surface area contributed by atoms with E-state index >= 15 is 0 Å². The van der Waals surface area contributed by atoms with Crippen LogP contribution in [0.15, 0.2) is 12.4 Å². The smallest absolute Gasteiger partial charge is 0.111 e. The third-order valence-electron chi connectivity index (χ3n) is 6.30. The standard InChI is InChI=1S/C24H44N2/c1-3-4-5-6-7-8-9-10-11-12-13-14-19-26-20-18-25-24(26)23-17-15-16-22(2)21-23/h18,20,22-23H,3-17,19,21H2,1-2H3. The number of rotatable bonds is 14. The molecule has 2 heteroatoms. The highest BCUT2D eigenvalue weighted by Gasteiger charge is 2.23. The lowest BCUT2D eigenvalue weighted by molar-refractivity contribution is 0.328. The summed E-state index contributed by atoms with van der Waals surface area (Å²) in [5.41, 5.74) is 0. The molecular formula is C24H44N2. The Hall–Kier alpha value is -0.790. The molecule has 1 aromatic rings. The Labute approximate surface area is 163 Å². The first kappa shape index (κ1) is 21.5. The molecule has 0 aliphatic heterocycles. The van der Waals surface area contributed by atoms with Crippen LogP contribution in [0.5, 0.6) is 0 Å². The van der Waals surface area contributed by atoms with E-state index < -0.39 is 0 Å². The molecule has 1 fully saturated rings. The molecule has 0 amide bonds. The Morgan fingerprint density at radius 1 is 0.885 bits per heavy atom. The van der Waals surface area contributed by atoms with Gasteiger partial charge in [0.15, 0.2) is 0 Å². The van der Waals surface area contributed by atoms with Gasteiger partial charge in [0.2, 0.25) is 0 Å². The highest BCUT2D eigenvalue weighted by atomic mass is 15.1. The first-order chi connectivity index (χ1) is 12.8. The molecule has 26 heavy (non-hydrogen) atoms. The summed E-state index contributed by atoms with van der Waals surface area (Å²) in [7, 11) is 0. The number of imidazole rings is 1. The lowest BCUT2D eigenvalue weighted by Crippen LogP contribution is -2.16. The molecular weight excluding hydrogens is 316 g/mol. The van der Waals surface area contributed by atoms with Crippen molar-refractivity contribution in [1.82, 2.24) is 9.55 Å². The minimum absolute atomic E-state index is 0.714. The fourth-order valence-electron chi connectivity index (χ4n) is 4.66. The monoisotopic (exact) mass is 360 g/mol. The van der Waals surface area contributed by atoms with Crippen LogP contribution < -0.4 is 0 Å². The van der Waals surface area contributed by atoms with Crippen molar-refractivity contribution in [2.45, 2.75) is 129 Å². The molecule has 0 bridgehead atoms. The Bertz CT molecular complexity index is 451. The predicted molar refractivity (Wildman–Crippen MR) is 114 cm³/mol. The quantitative estimate of drug-likeness (QED) is 0.308. The van der Waals surface area contributed by atoms with E-state index in [9.17, 15) is 0 Å². The molecule has 1 aliphatic rings. The number of hydrogen-bond acceptors (Lipinski definition) is 1. The summed E-state index contributed by atoms with van der Waals surface area (Å²) in [4.78, 5) is 4.71. The van der Waals surface area contributed by atoms with Crippen LogP contribution in [-0.2, 0) is 6.54 Å². The first-order valence-corrected chi connectivity index (χ1v) is 11.8. The lowest BCUT2D eigenvalue weighted by Gasteiger charge is -2.26. The molecule has 1 aromatic heterocycles. The summed E-state index contributed by atoms with van der Waals surface area (Å²) >= 11 is 0. The van der Waals surface area contributed by atoms with Gasteiger partial charge in [0, 0.05) is 24.9 Å². The van der Waals surface area contributed by atoms with Gasteiger partial charge < -0.3 is 4.57 Å². The second kappa shape index (κ2) is 13.4. The first-order valence-electron chi connectivity index (χ1n) is 11.8. The van der Waals surface area contributed by atoms with Gasteiger partial charge in [-0.1, -0.05) is 97.3 Å². The highest BCUT2D eigenvalue weighted by Crippen LogP contribution is 2.35. The van der Waals surface area contributed by atoms with Crippen LogP contribution >= 0.6 is 0 Å². The second-order valence-corrected chi connectivity index (χ2v) is 8.84. The Kier molecular flexibility index (Phi) is 11.1. The molecule has 150 valence electrons. The van der Waals surface area contributed by atoms with E-state index in [1.165, 1.54) is 115 Å². The zero-order valence-corrected chi connectivity index (χ0v) is 17.7. The topological polar surface area (TPSA) is 17.8 Å². The van der Waals surface area contributed by atoms with Gasteiger partial charge in [-0.3, -0.25) is 0 Å². The van der Waals surface area contributed by atoms with Crippen molar-refractivity contribution in [1.29, 1.82) is 0 Å². The van der Waals surface area contributed by atoms with Crippen LogP contribution in [0.3, 0.4) is 0 Å². The van der Waals surface area contributed by atoms with Crippen LogP contribution in [0.2, 0.25) is 0 Å². The maximum absolute atomic E-state index is 4.71. The van der Waals surface area contributed by atoms with Gasteiger partial charge >= 0.3 is 0 Å². The lowest BCUT2D eigenvalue weighted by atomic mass is 9.82. The molecule has 1 saturated carbocycles. The molecule has 2 atom stereocenters. The highest BCUT2D eigenvalue weighted by molar-refractivity contribution is 5.02. The van der Waals surface area contributed by atoms with Crippen LogP contribution in [0.1, 0.15) is 128 Å². The predicted octanol–water partition coefficient (Wildman–Crippen LogP) is 7.88. The van der Waals surface area contributed by atoms with Crippen molar-refractivity contribution in [2.75, 3.05) is 0 Å². The van der Waals surface area contributed by atoms with E-state index in [4.69, 9.17) is 4.98 Å². The Balaban J connectivity index is 1.48. The zero-order valence-electron chi connectivity index (χ0n) is 17.7. The van der Waals surface area contributed by atoms with Gasteiger partial charge in [0.05, 0.1) is 0 Å². The molecule has 1 heterocycles. The molecule has 2 unspecified atom stereocenters. The van der Waals surface area contributed by atoms with E-state index in [1.807, 2.05) is 6.20 Å². The van der Waals surface area contributed by atoms with Gasteiger partial charge in [-0.05, 0) is 25.2 Å². The number of aromatic nitrogens is 2. The molecule has 0 spiro atoms. The fourth-order valence-corrected chi connectivity index (χ4v) is 4.66. The SMILES string of the molecule is CCCCCCCCCCCCCCn1ccnc1C1CCCC(C)C1. The summed E-state index contributed by atoms with van der Waals surface area (Å²) in [5, 5.41) is 0. The summed E-state index contributed by atoms with van der Waals surface area (Å²) in [5.74, 6) is 2.97. The van der Waals surface area contributed by atoms with Crippen LogP contribution in [0.25, 0.3) is 0 Å². The molecule has 0 N–H and O–H groups in total. The minimum Gasteiger partial charge on any atom is -0.335 e. The maximum atomic E-state index is 4.71. The second-order valence-electron chi connectivity index (χ2n) is 8.84. The summed E-state index contributed by atoms with van der Waals surface area (Å²) < 4.78 is 2.46. The normalized spacial score (nSPS) is 20.5. The molecule has 2 rings (SSSR count). The van der Waals surface area contributed by atoms with Gasteiger partial charge in [-0.25, -0.2) is 4.98 Å². The fraction of sp³-hybridized carbons (Fsp3) is 0.875. The summed E-state index contributed by atoms with van der Waals surface area (Å²) in [6.07, 6.45) is 26.8. The van der Waals surface area contributed by atoms with E-state index in [-0.39, 0.29) is 0 Å². The van der Waals surface area contributed by atoms with Crippen molar-refractivity contribution in [3.05, 3.63) is 18.2 Å². The summed E-state index contributed by atoms with van der Waals surface area (Å²) in [6, 6.07) is 0. The van der Waals surface area contributed by atoms with E-state index in [1.54, 1.807) is 0 Å². The van der Waals surface area contributed by atoms with Crippen molar-refractivity contribution >= 4 is 0 Å². The average Bonchev–Trinajstić information content (AvgIpc) is 3.11. The number of hydrogen-bond donors (Lipinski definition) is 0. The largest absolute Gasteiger partial charge is 0.335 e. The Morgan fingerprint density at radius 3 is 2.12 bits per heavy atom. The average molecular weight is 361 g/mol. The van der Waals surface area contributed by atoms with E-state index in [0.717, 1.165) is 5.92 Å². The Morgan fingerprint density at radius 2 is 1.50 bits per heavy atom. The van der Waals surface area contributed by atoms with Crippen molar-refractivity contribution in [3.8, 4) is 0 Å². The molecule has 2 nitrogen and oxygen atoms in total. The van der Waals surface area contributed by atoms with Crippen molar-refractivity contribution in [2.24, 2.45) is 5.92 Å². The van der Waals surface area contributed by atoms with Crippen LogP contribution in [0, 0.1) is 5.92 Å². The van der Waals surface area contributed by atoms with Gasteiger partial charge in [0.25, 0.3) is 0 Å². The maximum Gasteiger partial charge on any atom is 0.111 e.